The van der Waals surface area contributed by atoms with Gasteiger partial charge in [-0.15, -0.1) is 0 Å². The molecule has 2 rings (SSSR count). The van der Waals surface area contributed by atoms with Crippen LogP contribution >= 0.6 is 0 Å². The van der Waals surface area contributed by atoms with E-state index < -0.39 is 0 Å². The molecule has 0 aliphatic carbocycles. The van der Waals surface area contributed by atoms with Crippen LogP contribution in [0.25, 0.3) is 0 Å². The fourth-order valence-electron chi connectivity index (χ4n) is 2.58. The average molecular weight is 279 g/mol. The molecule has 0 saturated carbocycles. The number of carbonyl (C=O) groups excluding carboxylic acids is 2. The molecule has 1 aromatic heterocycles. The van der Waals surface area contributed by atoms with Crippen LogP contribution in [0.2, 0.25) is 0 Å². The highest BCUT2D eigenvalue weighted by molar-refractivity contribution is 5.91. The van der Waals surface area contributed by atoms with Gasteiger partial charge in [-0.3, -0.25) is 9.59 Å². The van der Waals surface area contributed by atoms with Crippen molar-refractivity contribution in [2.45, 2.75) is 25.8 Å². The van der Waals surface area contributed by atoms with Crippen molar-refractivity contribution < 1.29 is 14.0 Å². The van der Waals surface area contributed by atoms with Crippen molar-refractivity contribution in [2.24, 2.45) is 11.7 Å². The van der Waals surface area contributed by atoms with Crippen molar-refractivity contribution in [3.63, 3.8) is 0 Å². The summed E-state index contributed by atoms with van der Waals surface area (Å²) in [5.41, 5.74) is 5.65. The molecule has 2 unspecified atom stereocenters. The second-order valence-electron chi connectivity index (χ2n) is 5.22. The van der Waals surface area contributed by atoms with Crippen LogP contribution in [-0.2, 0) is 4.79 Å². The van der Waals surface area contributed by atoms with Crippen LogP contribution in [-0.4, -0.2) is 42.4 Å². The minimum Gasteiger partial charge on any atom is -0.459 e. The van der Waals surface area contributed by atoms with Gasteiger partial charge < -0.3 is 20.4 Å². The van der Waals surface area contributed by atoms with Gasteiger partial charge in [-0.25, -0.2) is 0 Å². The Hall–Kier alpha value is -1.82. The molecule has 3 N–H and O–H groups in total. The second-order valence-corrected chi connectivity index (χ2v) is 5.22. The van der Waals surface area contributed by atoms with E-state index in [4.69, 9.17) is 10.2 Å². The summed E-state index contributed by atoms with van der Waals surface area (Å²) >= 11 is 0. The Morgan fingerprint density at radius 1 is 1.55 bits per heavy atom. The molecule has 0 bridgehead atoms. The number of rotatable bonds is 5. The summed E-state index contributed by atoms with van der Waals surface area (Å²) in [5.74, 6) is 0.423. The maximum Gasteiger partial charge on any atom is 0.286 e. The van der Waals surface area contributed by atoms with E-state index in [1.54, 1.807) is 12.1 Å². The Bertz CT molecular complexity index is 458. The first-order valence-corrected chi connectivity index (χ1v) is 6.93. The van der Waals surface area contributed by atoms with E-state index in [0.717, 1.165) is 13.0 Å². The average Bonchev–Trinajstić information content (AvgIpc) is 3.07. The highest BCUT2D eigenvalue weighted by Crippen LogP contribution is 2.22. The van der Waals surface area contributed by atoms with Crippen molar-refractivity contribution in [3.05, 3.63) is 24.2 Å². The first-order chi connectivity index (χ1) is 9.61. The van der Waals surface area contributed by atoms with Gasteiger partial charge in [0, 0.05) is 25.6 Å². The zero-order valence-corrected chi connectivity index (χ0v) is 11.7. The third-order valence-corrected chi connectivity index (χ3v) is 3.68. The van der Waals surface area contributed by atoms with Gasteiger partial charge in [0.1, 0.15) is 0 Å². The molecule has 2 heterocycles. The molecule has 2 amide bonds. The van der Waals surface area contributed by atoms with Crippen molar-refractivity contribution in [1.29, 1.82) is 0 Å². The Kier molecular flexibility index (Phi) is 4.79. The third-order valence-electron chi connectivity index (χ3n) is 3.68. The van der Waals surface area contributed by atoms with E-state index in [1.165, 1.54) is 6.26 Å². The summed E-state index contributed by atoms with van der Waals surface area (Å²) in [6.45, 7) is 3.69. The number of amides is 2. The van der Waals surface area contributed by atoms with Gasteiger partial charge in [0.2, 0.25) is 5.91 Å². The van der Waals surface area contributed by atoms with Crippen LogP contribution in [0.1, 0.15) is 30.3 Å². The van der Waals surface area contributed by atoms with E-state index in [9.17, 15) is 9.59 Å². The zero-order chi connectivity index (χ0) is 14.5. The van der Waals surface area contributed by atoms with Gasteiger partial charge in [-0.05, 0) is 37.9 Å². The summed E-state index contributed by atoms with van der Waals surface area (Å²) in [6, 6.07) is 3.47. The van der Waals surface area contributed by atoms with Crippen molar-refractivity contribution >= 4 is 11.8 Å². The maximum atomic E-state index is 12.1. The summed E-state index contributed by atoms with van der Waals surface area (Å²) in [5, 5.41) is 2.67. The monoisotopic (exact) mass is 279 g/mol. The van der Waals surface area contributed by atoms with Crippen LogP contribution in [0.15, 0.2) is 22.8 Å². The van der Waals surface area contributed by atoms with E-state index in [1.807, 2.05) is 11.8 Å². The fraction of sp³-hybridized carbons (Fsp3) is 0.571. The topological polar surface area (TPSA) is 88.6 Å². The van der Waals surface area contributed by atoms with Gasteiger partial charge in [-0.2, -0.15) is 0 Å². The number of nitrogens with one attached hydrogen (secondary N) is 1. The van der Waals surface area contributed by atoms with Crippen LogP contribution in [0.3, 0.4) is 0 Å². The molecule has 6 heteroatoms. The minimum absolute atomic E-state index is 0.0631. The highest BCUT2D eigenvalue weighted by Gasteiger charge is 2.31. The van der Waals surface area contributed by atoms with E-state index in [2.05, 4.69) is 5.32 Å². The first kappa shape index (κ1) is 14.6. The molecule has 1 aliphatic heterocycles. The van der Waals surface area contributed by atoms with Crippen LogP contribution in [0.5, 0.6) is 0 Å². The van der Waals surface area contributed by atoms with Crippen LogP contribution < -0.4 is 11.1 Å². The van der Waals surface area contributed by atoms with Crippen LogP contribution in [0, 0.1) is 5.92 Å². The lowest BCUT2D eigenvalue weighted by Gasteiger charge is -2.21. The number of hydrogen-bond acceptors (Lipinski definition) is 4. The van der Waals surface area contributed by atoms with Gasteiger partial charge in [0.15, 0.2) is 5.76 Å². The number of carbonyl (C=O) groups is 2. The third kappa shape index (κ3) is 3.39. The van der Waals surface area contributed by atoms with Gasteiger partial charge in [0.25, 0.3) is 5.91 Å². The quantitative estimate of drug-likeness (QED) is 0.826. The number of likely N-dealkylation sites (tertiary alicyclic amines) is 1. The smallest absolute Gasteiger partial charge is 0.286 e. The van der Waals surface area contributed by atoms with E-state index in [-0.39, 0.29) is 23.6 Å². The molecular formula is C14H21N3O3. The van der Waals surface area contributed by atoms with Crippen molar-refractivity contribution in [2.75, 3.05) is 19.6 Å². The minimum atomic E-state index is -0.294. The Morgan fingerprint density at radius 3 is 2.95 bits per heavy atom. The van der Waals surface area contributed by atoms with Gasteiger partial charge >= 0.3 is 0 Å². The van der Waals surface area contributed by atoms with Gasteiger partial charge in [0.05, 0.1) is 6.26 Å². The van der Waals surface area contributed by atoms with Crippen molar-refractivity contribution in [1.82, 2.24) is 10.2 Å². The normalized spacial score (nSPS) is 22.0. The Morgan fingerprint density at radius 2 is 2.35 bits per heavy atom. The summed E-state index contributed by atoms with van der Waals surface area (Å²) in [4.78, 5) is 25.6. The molecule has 2 atom stereocenters. The predicted molar refractivity (Wildman–Crippen MR) is 74.0 cm³/mol. The summed E-state index contributed by atoms with van der Waals surface area (Å²) < 4.78 is 4.98. The summed E-state index contributed by atoms with van der Waals surface area (Å²) in [6.07, 6.45) is 2.70. The van der Waals surface area contributed by atoms with Crippen LogP contribution in [0.4, 0.5) is 0 Å². The standard InChI is InChI=1S/C14H21N3O3/c1-10-7-11(8-15)9-17(10)13(18)4-5-16-14(19)12-3-2-6-20-12/h2-3,6,10-11H,4-5,7-9,15H2,1H3,(H,16,19). The maximum absolute atomic E-state index is 12.1. The SMILES string of the molecule is CC1CC(CN)CN1C(=O)CCNC(=O)c1ccco1. The number of furan rings is 1. The molecule has 0 radical (unpaired) electrons. The number of nitrogens with zero attached hydrogens (tertiary/aromatic N) is 1. The Balaban J connectivity index is 1.74. The zero-order valence-electron chi connectivity index (χ0n) is 11.7. The first-order valence-electron chi connectivity index (χ1n) is 6.93. The molecule has 1 saturated heterocycles. The Labute approximate surface area is 118 Å². The molecule has 110 valence electrons. The molecule has 0 spiro atoms. The van der Waals surface area contributed by atoms with E-state index in [0.29, 0.717) is 25.4 Å². The van der Waals surface area contributed by atoms with Gasteiger partial charge in [-0.1, -0.05) is 0 Å². The molecule has 1 fully saturated rings. The fourth-order valence-corrected chi connectivity index (χ4v) is 2.58. The largest absolute Gasteiger partial charge is 0.459 e. The number of nitrogens with two attached hydrogens (primary N) is 1. The summed E-state index contributed by atoms with van der Waals surface area (Å²) in [7, 11) is 0. The lowest BCUT2D eigenvalue weighted by Crippen LogP contribution is -2.37. The molecule has 20 heavy (non-hydrogen) atoms. The van der Waals surface area contributed by atoms with Crippen molar-refractivity contribution in [3.8, 4) is 0 Å². The highest BCUT2D eigenvalue weighted by atomic mass is 16.3. The lowest BCUT2D eigenvalue weighted by molar-refractivity contribution is -0.131. The molecule has 1 aliphatic rings. The predicted octanol–water partition coefficient (Wildman–Crippen LogP) is 0.595. The number of hydrogen-bond donors (Lipinski definition) is 2. The molecule has 6 nitrogen and oxygen atoms in total. The lowest BCUT2D eigenvalue weighted by atomic mass is 10.1. The molecule has 0 aromatic carbocycles. The second kappa shape index (κ2) is 6.56. The van der Waals surface area contributed by atoms with E-state index >= 15 is 0 Å². The molecule has 1 aromatic rings. The molecular weight excluding hydrogens is 258 g/mol.